The van der Waals surface area contributed by atoms with Crippen LogP contribution in [0.25, 0.3) is 11.1 Å². The van der Waals surface area contributed by atoms with E-state index in [2.05, 4.69) is 10.1 Å². The standard InChI is InChI=1S/C17H15FN2O2/c1-10-2-3-11(8-14(10)18)9-21-15-7-6-13-16(12-4-5-12)20-22-17(13)19-15/h2-3,6-8,12H,4-5,9H2,1H3. The fourth-order valence-electron chi connectivity index (χ4n) is 2.44. The number of halogens is 1. The van der Waals surface area contributed by atoms with E-state index in [1.54, 1.807) is 19.1 Å². The van der Waals surface area contributed by atoms with Crippen molar-refractivity contribution in [3.05, 3.63) is 53.0 Å². The minimum Gasteiger partial charge on any atom is -0.473 e. The van der Waals surface area contributed by atoms with Crippen molar-refractivity contribution in [3.63, 3.8) is 0 Å². The summed E-state index contributed by atoms with van der Waals surface area (Å²) in [5.41, 5.74) is 2.88. The van der Waals surface area contributed by atoms with Crippen molar-refractivity contribution in [2.75, 3.05) is 0 Å². The summed E-state index contributed by atoms with van der Waals surface area (Å²) in [5, 5.41) is 5.05. The predicted molar refractivity (Wildman–Crippen MR) is 79.2 cm³/mol. The molecule has 0 saturated heterocycles. The molecular formula is C17H15FN2O2. The van der Waals surface area contributed by atoms with Crippen LogP contribution in [0.4, 0.5) is 4.39 Å². The van der Waals surface area contributed by atoms with Gasteiger partial charge in [0.25, 0.3) is 5.71 Å². The molecule has 1 aliphatic carbocycles. The number of benzene rings is 1. The number of pyridine rings is 1. The van der Waals surface area contributed by atoms with Crippen LogP contribution in [0.1, 0.15) is 35.6 Å². The molecule has 0 bridgehead atoms. The summed E-state index contributed by atoms with van der Waals surface area (Å²) in [7, 11) is 0. The second-order valence-electron chi connectivity index (χ2n) is 5.72. The third kappa shape index (κ3) is 2.43. The van der Waals surface area contributed by atoms with E-state index in [0.29, 0.717) is 23.1 Å². The van der Waals surface area contributed by atoms with Crippen molar-refractivity contribution in [2.24, 2.45) is 0 Å². The molecule has 112 valence electrons. The first-order valence-corrected chi connectivity index (χ1v) is 7.35. The highest BCUT2D eigenvalue weighted by atomic mass is 19.1. The number of nitrogens with zero attached hydrogens (tertiary/aromatic N) is 2. The zero-order chi connectivity index (χ0) is 15.1. The molecule has 1 aromatic carbocycles. The monoisotopic (exact) mass is 298 g/mol. The number of fused-ring (bicyclic) bond motifs is 1. The summed E-state index contributed by atoms with van der Waals surface area (Å²) in [4.78, 5) is 4.32. The van der Waals surface area contributed by atoms with Gasteiger partial charge in [-0.05, 0) is 43.0 Å². The van der Waals surface area contributed by atoms with E-state index in [9.17, 15) is 4.39 Å². The number of hydrogen-bond acceptors (Lipinski definition) is 4. The summed E-state index contributed by atoms with van der Waals surface area (Å²) in [6, 6.07) is 8.79. The molecule has 0 radical (unpaired) electrons. The fraction of sp³-hybridized carbons (Fsp3) is 0.294. The van der Waals surface area contributed by atoms with Crippen molar-refractivity contribution >= 4 is 11.1 Å². The summed E-state index contributed by atoms with van der Waals surface area (Å²) in [5.74, 6) is 0.742. The van der Waals surface area contributed by atoms with Gasteiger partial charge >= 0.3 is 0 Å². The normalized spacial score (nSPS) is 14.5. The van der Waals surface area contributed by atoms with Gasteiger partial charge in [0.2, 0.25) is 5.88 Å². The molecule has 1 saturated carbocycles. The van der Waals surface area contributed by atoms with Crippen molar-refractivity contribution in [2.45, 2.75) is 32.3 Å². The lowest BCUT2D eigenvalue weighted by molar-refractivity contribution is 0.292. The van der Waals surface area contributed by atoms with Gasteiger partial charge in [-0.25, -0.2) is 4.39 Å². The van der Waals surface area contributed by atoms with Crippen molar-refractivity contribution in [1.82, 2.24) is 10.1 Å². The van der Waals surface area contributed by atoms with Crippen LogP contribution in [0.2, 0.25) is 0 Å². The lowest BCUT2D eigenvalue weighted by atomic mass is 10.1. The van der Waals surface area contributed by atoms with Gasteiger partial charge in [-0.15, -0.1) is 0 Å². The van der Waals surface area contributed by atoms with Crippen LogP contribution in [0.15, 0.2) is 34.9 Å². The third-order valence-corrected chi connectivity index (χ3v) is 3.93. The van der Waals surface area contributed by atoms with Crippen LogP contribution in [0, 0.1) is 12.7 Å². The molecule has 0 unspecified atom stereocenters. The highest BCUT2D eigenvalue weighted by Gasteiger charge is 2.29. The highest BCUT2D eigenvalue weighted by Crippen LogP contribution is 2.42. The molecule has 0 atom stereocenters. The van der Waals surface area contributed by atoms with E-state index in [0.717, 1.165) is 16.6 Å². The molecule has 3 aromatic rings. The Bertz CT molecular complexity index is 840. The Morgan fingerprint density at radius 1 is 1.27 bits per heavy atom. The number of aryl methyl sites for hydroxylation is 1. The number of ether oxygens (including phenoxy) is 1. The Morgan fingerprint density at radius 2 is 2.14 bits per heavy atom. The van der Waals surface area contributed by atoms with Crippen LogP contribution in [-0.2, 0) is 6.61 Å². The molecule has 5 heteroatoms. The molecule has 22 heavy (non-hydrogen) atoms. The zero-order valence-electron chi connectivity index (χ0n) is 12.2. The summed E-state index contributed by atoms with van der Waals surface area (Å²) >= 11 is 0. The van der Waals surface area contributed by atoms with Crippen molar-refractivity contribution in [1.29, 1.82) is 0 Å². The second kappa shape index (κ2) is 5.09. The maximum atomic E-state index is 13.5. The summed E-state index contributed by atoms with van der Waals surface area (Å²) < 4.78 is 24.4. The first-order chi connectivity index (χ1) is 10.7. The van der Waals surface area contributed by atoms with Gasteiger partial charge in [0.05, 0.1) is 11.1 Å². The molecule has 2 heterocycles. The molecule has 0 aliphatic heterocycles. The first-order valence-electron chi connectivity index (χ1n) is 7.35. The Morgan fingerprint density at radius 3 is 2.91 bits per heavy atom. The van der Waals surface area contributed by atoms with Gasteiger partial charge in [-0.2, -0.15) is 4.98 Å². The van der Waals surface area contributed by atoms with Crippen LogP contribution >= 0.6 is 0 Å². The van der Waals surface area contributed by atoms with E-state index >= 15 is 0 Å². The van der Waals surface area contributed by atoms with Crippen LogP contribution in [-0.4, -0.2) is 10.1 Å². The average Bonchev–Trinajstić information content (AvgIpc) is 3.28. The lowest BCUT2D eigenvalue weighted by Gasteiger charge is -2.06. The van der Waals surface area contributed by atoms with Crippen molar-refractivity contribution in [3.8, 4) is 5.88 Å². The number of aromatic nitrogens is 2. The Kier molecular flexibility index (Phi) is 3.06. The van der Waals surface area contributed by atoms with Gasteiger partial charge < -0.3 is 9.26 Å². The molecule has 1 aliphatic rings. The van der Waals surface area contributed by atoms with Crippen molar-refractivity contribution < 1.29 is 13.7 Å². The van der Waals surface area contributed by atoms with Gasteiger partial charge in [0.15, 0.2) is 0 Å². The molecule has 4 rings (SSSR count). The highest BCUT2D eigenvalue weighted by molar-refractivity contribution is 5.77. The quantitative estimate of drug-likeness (QED) is 0.726. The average molecular weight is 298 g/mol. The summed E-state index contributed by atoms with van der Waals surface area (Å²) in [6.07, 6.45) is 2.33. The molecule has 0 amide bonds. The van der Waals surface area contributed by atoms with Crippen LogP contribution in [0.3, 0.4) is 0 Å². The third-order valence-electron chi connectivity index (χ3n) is 3.93. The van der Waals surface area contributed by atoms with Crippen LogP contribution < -0.4 is 4.74 Å². The Balaban J connectivity index is 1.52. The molecular weight excluding hydrogens is 283 g/mol. The van der Waals surface area contributed by atoms with E-state index < -0.39 is 0 Å². The minimum absolute atomic E-state index is 0.228. The maximum absolute atomic E-state index is 13.5. The number of hydrogen-bond donors (Lipinski definition) is 0. The van der Waals surface area contributed by atoms with E-state index in [4.69, 9.17) is 9.26 Å². The largest absolute Gasteiger partial charge is 0.473 e. The molecule has 0 spiro atoms. The first kappa shape index (κ1) is 13.2. The zero-order valence-corrected chi connectivity index (χ0v) is 12.2. The second-order valence-corrected chi connectivity index (χ2v) is 5.72. The smallest absolute Gasteiger partial charge is 0.261 e. The molecule has 4 nitrogen and oxygen atoms in total. The predicted octanol–water partition coefficient (Wildman–Crippen LogP) is 4.13. The Hall–Kier alpha value is -2.43. The summed E-state index contributed by atoms with van der Waals surface area (Å²) in [6.45, 7) is 2.00. The van der Waals surface area contributed by atoms with Gasteiger partial charge in [-0.1, -0.05) is 17.3 Å². The maximum Gasteiger partial charge on any atom is 0.261 e. The van der Waals surface area contributed by atoms with Crippen LogP contribution in [0.5, 0.6) is 5.88 Å². The lowest BCUT2D eigenvalue weighted by Crippen LogP contribution is -1.98. The van der Waals surface area contributed by atoms with E-state index in [1.165, 1.54) is 18.9 Å². The number of rotatable bonds is 4. The van der Waals surface area contributed by atoms with Gasteiger partial charge in [-0.3, -0.25) is 0 Å². The minimum atomic E-state index is -0.228. The van der Waals surface area contributed by atoms with E-state index in [1.807, 2.05) is 12.1 Å². The SMILES string of the molecule is Cc1ccc(COc2ccc3c(C4CC4)noc3n2)cc1F. The Labute approximate surface area is 126 Å². The molecule has 2 aromatic heterocycles. The molecule has 0 N–H and O–H groups in total. The van der Waals surface area contributed by atoms with Gasteiger partial charge in [0.1, 0.15) is 12.4 Å². The van der Waals surface area contributed by atoms with Gasteiger partial charge in [0, 0.05) is 12.0 Å². The molecule has 1 fully saturated rings. The van der Waals surface area contributed by atoms with E-state index in [-0.39, 0.29) is 12.4 Å². The topological polar surface area (TPSA) is 48.2 Å². The fourth-order valence-corrected chi connectivity index (χ4v) is 2.44.